The molecule has 0 aliphatic rings. The normalized spacial score (nSPS) is 11.0. The van der Waals surface area contributed by atoms with E-state index in [1.54, 1.807) is 0 Å². The van der Waals surface area contributed by atoms with E-state index >= 15 is 0 Å². The van der Waals surface area contributed by atoms with E-state index in [1.807, 2.05) is 67.6 Å². The molecule has 0 saturated carbocycles. The molecule has 0 spiro atoms. The molecular weight excluding hydrogens is 376 g/mol. The molecule has 0 atom stereocenters. The summed E-state index contributed by atoms with van der Waals surface area (Å²) in [6, 6.07) is 24.0. The fourth-order valence-electron chi connectivity index (χ4n) is 3.35. The number of benzene rings is 3. The molecule has 7 heteroatoms. The number of aryl methyl sites for hydroxylation is 1. The lowest BCUT2D eigenvalue weighted by Crippen LogP contribution is -2.01. The lowest BCUT2D eigenvalue weighted by Gasteiger charge is -2.10. The van der Waals surface area contributed by atoms with Crippen LogP contribution in [0.3, 0.4) is 0 Å². The molecule has 1 N–H and O–H groups in total. The Morgan fingerprint density at radius 2 is 1.50 bits per heavy atom. The summed E-state index contributed by atoms with van der Waals surface area (Å²) in [6.45, 7) is 2.33. The SMILES string of the molecule is Cc1nc2ccccc2nc1OCc1ccc(-c2ccccc2-c2nn[nH]n2)cc1. The van der Waals surface area contributed by atoms with E-state index < -0.39 is 0 Å². The van der Waals surface area contributed by atoms with Gasteiger partial charge in [0.2, 0.25) is 11.7 Å². The van der Waals surface area contributed by atoms with Crippen molar-refractivity contribution in [2.75, 3.05) is 0 Å². The van der Waals surface area contributed by atoms with Gasteiger partial charge in [-0.2, -0.15) is 5.21 Å². The average Bonchev–Trinajstić information content (AvgIpc) is 3.33. The summed E-state index contributed by atoms with van der Waals surface area (Å²) in [5.74, 6) is 1.13. The van der Waals surface area contributed by atoms with Crippen molar-refractivity contribution in [1.29, 1.82) is 0 Å². The summed E-state index contributed by atoms with van der Waals surface area (Å²) in [5.41, 5.74) is 6.56. The maximum absolute atomic E-state index is 5.95. The highest BCUT2D eigenvalue weighted by atomic mass is 16.5. The van der Waals surface area contributed by atoms with Gasteiger partial charge in [0.15, 0.2) is 0 Å². The molecule has 146 valence electrons. The van der Waals surface area contributed by atoms with Gasteiger partial charge in [-0.1, -0.05) is 60.7 Å². The highest BCUT2D eigenvalue weighted by Crippen LogP contribution is 2.30. The molecule has 5 aromatic rings. The van der Waals surface area contributed by atoms with Crippen LogP contribution in [0.1, 0.15) is 11.3 Å². The first-order valence-corrected chi connectivity index (χ1v) is 9.56. The lowest BCUT2D eigenvalue weighted by atomic mass is 9.98. The van der Waals surface area contributed by atoms with Crippen LogP contribution in [-0.2, 0) is 6.61 Å². The van der Waals surface area contributed by atoms with Crippen LogP contribution >= 0.6 is 0 Å². The average molecular weight is 394 g/mol. The van der Waals surface area contributed by atoms with Crippen molar-refractivity contribution >= 4 is 11.0 Å². The smallest absolute Gasteiger partial charge is 0.236 e. The number of nitrogens with one attached hydrogen (secondary N) is 1. The van der Waals surface area contributed by atoms with Gasteiger partial charge in [-0.3, -0.25) is 0 Å². The van der Waals surface area contributed by atoms with Gasteiger partial charge in [0.1, 0.15) is 12.3 Å². The molecule has 0 bridgehead atoms. The molecular formula is C23H18N6O. The molecule has 0 aliphatic heterocycles. The van der Waals surface area contributed by atoms with E-state index in [4.69, 9.17) is 4.74 Å². The molecule has 7 nitrogen and oxygen atoms in total. The van der Waals surface area contributed by atoms with Gasteiger partial charge < -0.3 is 4.74 Å². The van der Waals surface area contributed by atoms with Gasteiger partial charge in [0, 0.05) is 5.56 Å². The second-order valence-electron chi connectivity index (χ2n) is 6.87. The molecule has 0 radical (unpaired) electrons. The third kappa shape index (κ3) is 3.48. The number of hydrogen-bond acceptors (Lipinski definition) is 6. The fraction of sp³-hybridized carbons (Fsp3) is 0.0870. The van der Waals surface area contributed by atoms with Crippen LogP contribution < -0.4 is 4.74 Å². The largest absolute Gasteiger partial charge is 0.471 e. The zero-order valence-corrected chi connectivity index (χ0v) is 16.3. The number of H-pyrrole nitrogens is 1. The molecule has 30 heavy (non-hydrogen) atoms. The number of fused-ring (bicyclic) bond motifs is 1. The van der Waals surface area contributed by atoms with Crippen molar-refractivity contribution in [3.05, 3.63) is 84.1 Å². The maximum atomic E-state index is 5.95. The van der Waals surface area contributed by atoms with Crippen LogP contribution in [0.15, 0.2) is 72.8 Å². The summed E-state index contributed by atoms with van der Waals surface area (Å²) < 4.78 is 5.95. The van der Waals surface area contributed by atoms with E-state index in [2.05, 4.69) is 42.7 Å². The quantitative estimate of drug-likeness (QED) is 0.476. The molecule has 0 saturated heterocycles. The first-order valence-electron chi connectivity index (χ1n) is 9.56. The standard InChI is InChI=1S/C23H18N6O/c1-15-23(25-21-9-5-4-8-20(21)24-15)30-14-16-10-12-17(13-11-16)18-6-2-3-7-19(18)22-26-28-29-27-22/h2-13H,14H2,1H3,(H,26,27,28,29). The molecule has 0 unspecified atom stereocenters. The monoisotopic (exact) mass is 394 g/mol. The molecule has 0 fully saturated rings. The van der Waals surface area contributed by atoms with Gasteiger partial charge in [-0.05, 0) is 41.0 Å². The number of aromatic nitrogens is 6. The minimum Gasteiger partial charge on any atom is -0.471 e. The van der Waals surface area contributed by atoms with E-state index in [0.717, 1.165) is 39.0 Å². The lowest BCUT2D eigenvalue weighted by molar-refractivity contribution is 0.291. The third-order valence-electron chi connectivity index (χ3n) is 4.86. The molecule has 0 aliphatic carbocycles. The number of tetrazole rings is 1. The number of ether oxygens (including phenoxy) is 1. The number of para-hydroxylation sites is 2. The second-order valence-corrected chi connectivity index (χ2v) is 6.87. The summed E-state index contributed by atoms with van der Waals surface area (Å²) in [4.78, 5) is 9.16. The van der Waals surface area contributed by atoms with E-state index in [-0.39, 0.29) is 0 Å². The molecule has 0 amide bonds. The molecule has 3 aromatic carbocycles. The predicted molar refractivity (Wildman–Crippen MR) is 114 cm³/mol. The molecule has 2 heterocycles. The van der Waals surface area contributed by atoms with Crippen molar-refractivity contribution < 1.29 is 4.74 Å². The van der Waals surface area contributed by atoms with Crippen molar-refractivity contribution in [2.45, 2.75) is 13.5 Å². The number of hydrogen-bond donors (Lipinski definition) is 1. The zero-order chi connectivity index (χ0) is 20.3. The van der Waals surface area contributed by atoms with Gasteiger partial charge in [-0.25, -0.2) is 9.97 Å². The number of aromatic amines is 1. The van der Waals surface area contributed by atoms with E-state index in [9.17, 15) is 0 Å². The van der Waals surface area contributed by atoms with Crippen molar-refractivity contribution in [3.8, 4) is 28.4 Å². The summed E-state index contributed by atoms with van der Waals surface area (Å²) in [5, 5.41) is 14.4. The highest BCUT2D eigenvalue weighted by Gasteiger charge is 2.11. The number of rotatable bonds is 5. The Hall–Kier alpha value is -4.13. The molecule has 5 rings (SSSR count). The first kappa shape index (κ1) is 17.9. The minimum atomic E-state index is 0.417. The minimum absolute atomic E-state index is 0.417. The van der Waals surface area contributed by atoms with Gasteiger partial charge >= 0.3 is 0 Å². The second kappa shape index (κ2) is 7.71. The van der Waals surface area contributed by atoms with Crippen molar-refractivity contribution in [1.82, 2.24) is 30.6 Å². The first-order chi connectivity index (χ1) is 14.8. The summed E-state index contributed by atoms with van der Waals surface area (Å²) in [6.07, 6.45) is 0. The highest BCUT2D eigenvalue weighted by molar-refractivity contribution is 5.80. The Labute approximate surface area is 172 Å². The fourth-order valence-corrected chi connectivity index (χ4v) is 3.35. The van der Waals surface area contributed by atoms with Crippen LogP contribution in [0, 0.1) is 6.92 Å². The Kier molecular flexibility index (Phi) is 4.61. The Bertz CT molecular complexity index is 1300. The van der Waals surface area contributed by atoms with Crippen LogP contribution in [0.5, 0.6) is 5.88 Å². The van der Waals surface area contributed by atoms with Crippen molar-refractivity contribution in [2.24, 2.45) is 0 Å². The van der Waals surface area contributed by atoms with Gasteiger partial charge in [0.25, 0.3) is 0 Å². The topological polar surface area (TPSA) is 89.5 Å². The van der Waals surface area contributed by atoms with Crippen LogP contribution in [0.25, 0.3) is 33.5 Å². The maximum Gasteiger partial charge on any atom is 0.236 e. The van der Waals surface area contributed by atoms with Gasteiger partial charge in [-0.15, -0.1) is 10.2 Å². The van der Waals surface area contributed by atoms with E-state index in [1.165, 1.54) is 0 Å². The summed E-state index contributed by atoms with van der Waals surface area (Å²) >= 11 is 0. The Morgan fingerprint density at radius 1 is 0.800 bits per heavy atom. The van der Waals surface area contributed by atoms with Crippen LogP contribution in [0.4, 0.5) is 0 Å². The third-order valence-corrected chi connectivity index (χ3v) is 4.86. The van der Waals surface area contributed by atoms with Crippen LogP contribution in [-0.4, -0.2) is 30.6 Å². The Balaban J connectivity index is 1.36. The number of nitrogens with zero attached hydrogens (tertiary/aromatic N) is 5. The predicted octanol–water partition coefficient (Wildman–Crippen LogP) is 4.36. The molecule has 2 aromatic heterocycles. The zero-order valence-electron chi connectivity index (χ0n) is 16.3. The summed E-state index contributed by atoms with van der Waals surface area (Å²) in [7, 11) is 0. The Morgan fingerprint density at radius 3 is 2.23 bits per heavy atom. The van der Waals surface area contributed by atoms with Crippen molar-refractivity contribution in [3.63, 3.8) is 0 Å². The van der Waals surface area contributed by atoms with Crippen LogP contribution in [0.2, 0.25) is 0 Å². The van der Waals surface area contributed by atoms with E-state index in [0.29, 0.717) is 18.3 Å². The van der Waals surface area contributed by atoms with Gasteiger partial charge in [0.05, 0.1) is 11.0 Å².